The summed E-state index contributed by atoms with van der Waals surface area (Å²) >= 11 is 0. The Labute approximate surface area is 106 Å². The Morgan fingerprint density at radius 1 is 1.16 bits per heavy atom. The van der Waals surface area contributed by atoms with E-state index in [0.717, 1.165) is 18.3 Å². The minimum atomic E-state index is -4.49. The van der Waals surface area contributed by atoms with Crippen molar-refractivity contribution in [1.82, 2.24) is 4.98 Å². The monoisotopic (exact) mass is 271 g/mol. The van der Waals surface area contributed by atoms with Crippen LogP contribution in [0.5, 0.6) is 0 Å². The number of hydrogen-bond acceptors (Lipinski definition) is 2. The first kappa shape index (κ1) is 13.5. The highest BCUT2D eigenvalue weighted by Crippen LogP contribution is 2.32. The van der Waals surface area contributed by atoms with Gasteiger partial charge in [-0.05, 0) is 29.3 Å². The van der Waals surface area contributed by atoms with Crippen molar-refractivity contribution in [3.8, 4) is 11.1 Å². The third-order valence-corrected chi connectivity index (χ3v) is 2.58. The molecule has 0 aliphatic carbocycles. The Bertz CT molecular complexity index is 595. The summed E-state index contributed by atoms with van der Waals surface area (Å²) in [6.07, 6.45) is -3.36. The van der Waals surface area contributed by atoms with Crippen LogP contribution in [0.25, 0.3) is 11.1 Å². The number of alkyl halides is 3. The van der Waals surface area contributed by atoms with Gasteiger partial charge in [0.15, 0.2) is 0 Å². The molecule has 100 valence electrons. The second-order valence-electron chi connectivity index (χ2n) is 3.92. The van der Waals surface area contributed by atoms with Crippen LogP contribution in [-0.4, -0.2) is 10.1 Å². The average Bonchev–Trinajstić information content (AvgIpc) is 2.38. The molecule has 0 aliphatic rings. The molecule has 0 atom stereocenters. The smallest absolute Gasteiger partial charge is 0.392 e. The molecule has 2 nitrogen and oxygen atoms in total. The highest BCUT2D eigenvalue weighted by molar-refractivity contribution is 5.64. The topological polar surface area (TPSA) is 33.1 Å². The Hall–Kier alpha value is -1.95. The van der Waals surface area contributed by atoms with Crippen LogP contribution in [-0.2, 0) is 12.8 Å². The second kappa shape index (κ2) is 4.97. The number of halogens is 4. The van der Waals surface area contributed by atoms with Crippen molar-refractivity contribution in [1.29, 1.82) is 0 Å². The first-order valence-corrected chi connectivity index (χ1v) is 5.34. The summed E-state index contributed by atoms with van der Waals surface area (Å²) in [4.78, 5) is 3.41. The molecule has 0 amide bonds. The molecule has 1 aromatic carbocycles. The number of hydrogen-bond donors (Lipinski definition) is 1. The van der Waals surface area contributed by atoms with E-state index in [4.69, 9.17) is 5.11 Å². The zero-order valence-electron chi connectivity index (χ0n) is 9.58. The number of aromatic nitrogens is 1. The number of rotatable bonds is 2. The molecule has 19 heavy (non-hydrogen) atoms. The largest absolute Gasteiger partial charge is 0.416 e. The van der Waals surface area contributed by atoms with Crippen molar-refractivity contribution >= 4 is 0 Å². The first-order valence-electron chi connectivity index (χ1n) is 5.34. The molecular weight excluding hydrogens is 262 g/mol. The van der Waals surface area contributed by atoms with Crippen LogP contribution in [0, 0.1) is 5.95 Å². The Morgan fingerprint density at radius 2 is 1.89 bits per heavy atom. The van der Waals surface area contributed by atoms with Crippen LogP contribution >= 0.6 is 0 Å². The molecule has 0 aliphatic heterocycles. The number of aliphatic hydroxyl groups excluding tert-OH is 1. The summed E-state index contributed by atoms with van der Waals surface area (Å²) in [5, 5.41) is 8.94. The maximum atomic E-state index is 13.5. The van der Waals surface area contributed by atoms with Crippen LogP contribution in [0.3, 0.4) is 0 Å². The van der Waals surface area contributed by atoms with Gasteiger partial charge in [0.1, 0.15) is 0 Å². The Balaban J connectivity index is 2.53. The summed E-state index contributed by atoms with van der Waals surface area (Å²) in [5.41, 5.74) is -0.541. The summed E-state index contributed by atoms with van der Waals surface area (Å²) in [6.45, 7) is -0.362. The van der Waals surface area contributed by atoms with Crippen molar-refractivity contribution in [3.05, 3.63) is 53.6 Å². The summed E-state index contributed by atoms with van der Waals surface area (Å²) in [5.74, 6) is -0.878. The van der Waals surface area contributed by atoms with E-state index < -0.39 is 17.7 Å². The second-order valence-corrected chi connectivity index (χ2v) is 3.92. The zero-order valence-corrected chi connectivity index (χ0v) is 9.58. The van der Waals surface area contributed by atoms with Crippen molar-refractivity contribution in [2.45, 2.75) is 12.8 Å². The molecule has 0 fully saturated rings. The third-order valence-electron chi connectivity index (χ3n) is 2.58. The number of pyridine rings is 1. The van der Waals surface area contributed by atoms with Crippen molar-refractivity contribution in [2.75, 3.05) is 0 Å². The lowest BCUT2D eigenvalue weighted by Crippen LogP contribution is -2.04. The molecule has 2 rings (SSSR count). The van der Waals surface area contributed by atoms with Gasteiger partial charge in [0.05, 0.1) is 12.2 Å². The lowest BCUT2D eigenvalue weighted by Gasteiger charge is -2.09. The molecule has 1 heterocycles. The molecule has 0 saturated heterocycles. The van der Waals surface area contributed by atoms with E-state index in [0.29, 0.717) is 5.56 Å². The van der Waals surface area contributed by atoms with Crippen LogP contribution < -0.4 is 0 Å². The molecule has 0 unspecified atom stereocenters. The quantitative estimate of drug-likeness (QED) is 0.670. The van der Waals surface area contributed by atoms with Gasteiger partial charge in [0.25, 0.3) is 0 Å². The lowest BCUT2D eigenvalue weighted by atomic mass is 10.0. The SMILES string of the molecule is OCc1cnc(F)c(-c2cccc(C(F)(F)F)c2)c1. The van der Waals surface area contributed by atoms with Crippen LogP contribution in [0.15, 0.2) is 36.5 Å². The maximum Gasteiger partial charge on any atom is 0.416 e. The molecule has 0 bridgehead atoms. The third kappa shape index (κ3) is 2.90. The van der Waals surface area contributed by atoms with Crippen LogP contribution in [0.1, 0.15) is 11.1 Å². The molecule has 1 aromatic heterocycles. The van der Waals surface area contributed by atoms with Gasteiger partial charge in [-0.3, -0.25) is 0 Å². The molecule has 0 saturated carbocycles. The molecule has 1 N–H and O–H groups in total. The van der Waals surface area contributed by atoms with Gasteiger partial charge in [-0.15, -0.1) is 0 Å². The minimum absolute atomic E-state index is 0.0649. The van der Waals surface area contributed by atoms with Gasteiger partial charge in [0.2, 0.25) is 5.95 Å². The van der Waals surface area contributed by atoms with Gasteiger partial charge < -0.3 is 5.11 Å². The summed E-state index contributed by atoms with van der Waals surface area (Å²) in [7, 11) is 0. The Morgan fingerprint density at radius 3 is 2.53 bits per heavy atom. The normalized spacial score (nSPS) is 11.6. The maximum absolute atomic E-state index is 13.5. The minimum Gasteiger partial charge on any atom is -0.392 e. The van der Waals surface area contributed by atoms with Crippen molar-refractivity contribution in [3.63, 3.8) is 0 Å². The van der Waals surface area contributed by atoms with Gasteiger partial charge in [-0.1, -0.05) is 12.1 Å². The van der Waals surface area contributed by atoms with E-state index in [-0.39, 0.29) is 17.7 Å². The Kier molecular flexibility index (Phi) is 3.53. The number of nitrogens with zero attached hydrogens (tertiary/aromatic N) is 1. The lowest BCUT2D eigenvalue weighted by molar-refractivity contribution is -0.137. The highest BCUT2D eigenvalue weighted by atomic mass is 19.4. The summed E-state index contributed by atoms with van der Waals surface area (Å²) in [6, 6.07) is 5.59. The summed E-state index contributed by atoms with van der Waals surface area (Å²) < 4.78 is 51.3. The number of aliphatic hydroxyl groups is 1. The van der Waals surface area contributed by atoms with Crippen LogP contribution in [0.4, 0.5) is 17.6 Å². The average molecular weight is 271 g/mol. The van der Waals surface area contributed by atoms with E-state index in [1.54, 1.807) is 0 Å². The van der Waals surface area contributed by atoms with E-state index in [1.807, 2.05) is 0 Å². The van der Waals surface area contributed by atoms with Gasteiger partial charge in [-0.25, -0.2) is 4.98 Å². The molecule has 0 spiro atoms. The molecule has 6 heteroatoms. The van der Waals surface area contributed by atoms with Gasteiger partial charge in [-0.2, -0.15) is 17.6 Å². The number of benzene rings is 1. The highest BCUT2D eigenvalue weighted by Gasteiger charge is 2.30. The van der Waals surface area contributed by atoms with Crippen molar-refractivity contribution in [2.24, 2.45) is 0 Å². The standard InChI is InChI=1S/C13H9F4NO/c14-12-11(4-8(7-19)6-18-12)9-2-1-3-10(5-9)13(15,16)17/h1-6,19H,7H2. The fourth-order valence-electron chi connectivity index (χ4n) is 1.64. The van der Waals surface area contributed by atoms with E-state index in [2.05, 4.69) is 4.98 Å². The van der Waals surface area contributed by atoms with E-state index in [1.165, 1.54) is 18.2 Å². The first-order chi connectivity index (χ1) is 8.91. The van der Waals surface area contributed by atoms with E-state index >= 15 is 0 Å². The van der Waals surface area contributed by atoms with E-state index in [9.17, 15) is 17.6 Å². The van der Waals surface area contributed by atoms with Gasteiger partial charge >= 0.3 is 6.18 Å². The van der Waals surface area contributed by atoms with Crippen LogP contribution in [0.2, 0.25) is 0 Å². The molecular formula is C13H9F4NO. The van der Waals surface area contributed by atoms with Crippen molar-refractivity contribution < 1.29 is 22.7 Å². The fourth-order valence-corrected chi connectivity index (χ4v) is 1.64. The fraction of sp³-hybridized carbons (Fsp3) is 0.154. The predicted molar refractivity (Wildman–Crippen MR) is 60.6 cm³/mol. The zero-order chi connectivity index (χ0) is 14.0. The van der Waals surface area contributed by atoms with Gasteiger partial charge in [0, 0.05) is 11.8 Å². The molecule has 0 radical (unpaired) electrons. The molecule has 2 aromatic rings. The predicted octanol–water partition coefficient (Wildman–Crippen LogP) is 3.40.